The molecule has 0 radical (unpaired) electrons. The Bertz CT molecular complexity index is 457. The minimum atomic E-state index is 0.834. The number of hydrogen-bond acceptors (Lipinski definition) is 4. The van der Waals surface area contributed by atoms with Crippen LogP contribution in [0.25, 0.3) is 11.1 Å². The first-order valence-corrected chi connectivity index (χ1v) is 4.79. The predicted octanol–water partition coefficient (Wildman–Crippen LogP) is 2.40. The van der Waals surface area contributed by atoms with E-state index in [1.54, 1.807) is 6.20 Å². The van der Waals surface area contributed by atoms with Crippen molar-refractivity contribution in [2.24, 2.45) is 0 Å². The Morgan fingerprint density at radius 1 is 1.33 bits per heavy atom. The van der Waals surface area contributed by atoms with Gasteiger partial charge in [-0.25, -0.2) is 4.98 Å². The maximum Gasteiger partial charge on any atom is 0.141 e. The zero-order valence-corrected chi connectivity index (χ0v) is 9.03. The van der Waals surface area contributed by atoms with Crippen LogP contribution in [0.1, 0.15) is 11.5 Å². The molecule has 78 valence electrons. The number of aryl methyl sites for hydroxylation is 2. The van der Waals surface area contributed by atoms with E-state index in [9.17, 15) is 0 Å². The monoisotopic (exact) mass is 203 g/mol. The molecule has 0 saturated carbocycles. The Hall–Kier alpha value is -1.84. The average Bonchev–Trinajstić information content (AvgIpc) is 2.59. The molecule has 15 heavy (non-hydrogen) atoms. The summed E-state index contributed by atoms with van der Waals surface area (Å²) in [6.45, 7) is 3.85. The Morgan fingerprint density at radius 3 is 2.73 bits per heavy atom. The quantitative estimate of drug-likeness (QED) is 0.814. The summed E-state index contributed by atoms with van der Waals surface area (Å²) in [6.07, 6.45) is 1.77. The van der Waals surface area contributed by atoms with E-state index < -0.39 is 0 Å². The highest BCUT2D eigenvalue weighted by Crippen LogP contribution is 2.27. The summed E-state index contributed by atoms with van der Waals surface area (Å²) >= 11 is 0. The van der Waals surface area contributed by atoms with Crippen molar-refractivity contribution in [2.75, 3.05) is 12.4 Å². The zero-order chi connectivity index (χ0) is 10.8. The van der Waals surface area contributed by atoms with Crippen LogP contribution in [0, 0.1) is 13.8 Å². The van der Waals surface area contributed by atoms with Gasteiger partial charge < -0.3 is 9.84 Å². The normalized spacial score (nSPS) is 10.3. The summed E-state index contributed by atoms with van der Waals surface area (Å²) in [5.41, 5.74) is 3.03. The van der Waals surface area contributed by atoms with Crippen LogP contribution in [-0.2, 0) is 0 Å². The average molecular weight is 203 g/mol. The molecule has 4 nitrogen and oxygen atoms in total. The second-order valence-corrected chi connectivity index (χ2v) is 3.38. The highest BCUT2D eigenvalue weighted by molar-refractivity contribution is 5.69. The van der Waals surface area contributed by atoms with E-state index >= 15 is 0 Å². The second kappa shape index (κ2) is 3.73. The van der Waals surface area contributed by atoms with E-state index in [4.69, 9.17) is 4.52 Å². The number of hydrogen-bond donors (Lipinski definition) is 1. The van der Waals surface area contributed by atoms with Gasteiger partial charge >= 0.3 is 0 Å². The van der Waals surface area contributed by atoms with Crippen LogP contribution in [0.5, 0.6) is 0 Å². The molecule has 0 amide bonds. The molecule has 0 aliphatic rings. The fourth-order valence-corrected chi connectivity index (χ4v) is 1.62. The van der Waals surface area contributed by atoms with E-state index in [0.29, 0.717) is 0 Å². The van der Waals surface area contributed by atoms with Crippen LogP contribution >= 0.6 is 0 Å². The summed E-state index contributed by atoms with van der Waals surface area (Å²) in [7, 11) is 1.85. The molecule has 4 heteroatoms. The van der Waals surface area contributed by atoms with E-state index in [1.807, 2.05) is 33.0 Å². The Kier molecular flexibility index (Phi) is 2.41. The first-order valence-electron chi connectivity index (χ1n) is 4.79. The molecule has 0 atom stereocenters. The fraction of sp³-hybridized carbons (Fsp3) is 0.273. The third-order valence-corrected chi connectivity index (χ3v) is 2.34. The van der Waals surface area contributed by atoms with Gasteiger partial charge in [0.15, 0.2) is 0 Å². The lowest BCUT2D eigenvalue weighted by Gasteiger charge is -2.02. The Morgan fingerprint density at radius 2 is 2.13 bits per heavy atom. The molecule has 2 aromatic rings. The lowest BCUT2D eigenvalue weighted by molar-refractivity contribution is 0.393. The molecule has 0 fully saturated rings. The van der Waals surface area contributed by atoms with Crippen molar-refractivity contribution in [2.45, 2.75) is 13.8 Å². The van der Waals surface area contributed by atoms with Crippen LogP contribution in [-0.4, -0.2) is 17.2 Å². The summed E-state index contributed by atoms with van der Waals surface area (Å²) in [5.74, 6) is 1.67. The van der Waals surface area contributed by atoms with E-state index in [1.165, 1.54) is 0 Å². The number of rotatable bonds is 2. The molecule has 2 aromatic heterocycles. The highest BCUT2D eigenvalue weighted by Gasteiger charge is 2.11. The molecule has 0 aliphatic heterocycles. The molecule has 0 unspecified atom stereocenters. The van der Waals surface area contributed by atoms with Crippen molar-refractivity contribution >= 4 is 5.82 Å². The highest BCUT2D eigenvalue weighted by atomic mass is 16.5. The van der Waals surface area contributed by atoms with Gasteiger partial charge in [-0.05, 0) is 31.5 Å². The van der Waals surface area contributed by atoms with E-state index in [0.717, 1.165) is 28.4 Å². The lowest BCUT2D eigenvalue weighted by atomic mass is 10.1. The molecule has 2 heterocycles. The van der Waals surface area contributed by atoms with Gasteiger partial charge in [-0.2, -0.15) is 0 Å². The number of nitrogens with zero attached hydrogens (tertiary/aromatic N) is 2. The van der Waals surface area contributed by atoms with Crippen LogP contribution in [0.2, 0.25) is 0 Å². The number of aromatic nitrogens is 2. The van der Waals surface area contributed by atoms with Crippen LogP contribution in [0.4, 0.5) is 5.82 Å². The minimum absolute atomic E-state index is 0.834. The van der Waals surface area contributed by atoms with Gasteiger partial charge in [0.1, 0.15) is 11.6 Å². The smallest absolute Gasteiger partial charge is 0.141 e. The van der Waals surface area contributed by atoms with Crippen LogP contribution in [0.15, 0.2) is 22.9 Å². The maximum atomic E-state index is 5.13. The van der Waals surface area contributed by atoms with Crippen molar-refractivity contribution < 1.29 is 4.52 Å². The van der Waals surface area contributed by atoms with Gasteiger partial charge in [0.25, 0.3) is 0 Å². The maximum absolute atomic E-state index is 5.13. The van der Waals surface area contributed by atoms with E-state index in [2.05, 4.69) is 15.5 Å². The second-order valence-electron chi connectivity index (χ2n) is 3.38. The fourth-order valence-electron chi connectivity index (χ4n) is 1.62. The molecule has 0 aliphatic carbocycles. The molecular weight excluding hydrogens is 190 g/mol. The molecule has 0 aromatic carbocycles. The minimum Gasteiger partial charge on any atom is -0.373 e. The SMILES string of the molecule is CNc1cc(-c2c(C)noc2C)ccn1. The van der Waals surface area contributed by atoms with Crippen LogP contribution in [0.3, 0.4) is 0 Å². The van der Waals surface area contributed by atoms with Gasteiger partial charge in [-0.15, -0.1) is 0 Å². The third kappa shape index (κ3) is 1.70. The molecule has 2 rings (SSSR count). The number of anilines is 1. The molecule has 0 bridgehead atoms. The molecule has 1 N–H and O–H groups in total. The summed E-state index contributed by atoms with van der Waals surface area (Å²) in [6, 6.07) is 3.93. The van der Waals surface area contributed by atoms with Gasteiger partial charge in [0.05, 0.1) is 5.69 Å². The lowest BCUT2D eigenvalue weighted by Crippen LogP contribution is -1.92. The predicted molar refractivity (Wildman–Crippen MR) is 58.8 cm³/mol. The summed E-state index contributed by atoms with van der Waals surface area (Å²) in [5, 5.41) is 6.94. The molecule has 0 spiro atoms. The van der Waals surface area contributed by atoms with Crippen molar-refractivity contribution in [1.82, 2.24) is 10.1 Å². The third-order valence-electron chi connectivity index (χ3n) is 2.34. The first-order chi connectivity index (χ1) is 7.22. The van der Waals surface area contributed by atoms with Crippen molar-refractivity contribution in [3.63, 3.8) is 0 Å². The summed E-state index contributed by atoms with van der Waals surface area (Å²) < 4.78 is 5.13. The van der Waals surface area contributed by atoms with Crippen LogP contribution < -0.4 is 5.32 Å². The molecular formula is C11H13N3O. The van der Waals surface area contributed by atoms with Gasteiger partial charge in [-0.1, -0.05) is 5.16 Å². The number of pyridine rings is 1. The van der Waals surface area contributed by atoms with E-state index in [-0.39, 0.29) is 0 Å². The van der Waals surface area contributed by atoms with Gasteiger partial charge in [0, 0.05) is 18.8 Å². The first kappa shape index (κ1) is 9.71. The molecule has 0 saturated heterocycles. The van der Waals surface area contributed by atoms with Crippen molar-refractivity contribution in [3.05, 3.63) is 29.8 Å². The number of nitrogens with one attached hydrogen (secondary N) is 1. The topological polar surface area (TPSA) is 51.0 Å². The largest absolute Gasteiger partial charge is 0.373 e. The summed E-state index contributed by atoms with van der Waals surface area (Å²) in [4.78, 5) is 4.16. The Balaban J connectivity index is 2.53. The van der Waals surface area contributed by atoms with Gasteiger partial charge in [0.2, 0.25) is 0 Å². The van der Waals surface area contributed by atoms with Gasteiger partial charge in [-0.3, -0.25) is 0 Å². The zero-order valence-electron chi connectivity index (χ0n) is 9.03. The van der Waals surface area contributed by atoms with Crippen molar-refractivity contribution in [1.29, 1.82) is 0 Å². The Labute approximate surface area is 88.3 Å². The van der Waals surface area contributed by atoms with Crippen molar-refractivity contribution in [3.8, 4) is 11.1 Å². The standard InChI is InChI=1S/C11H13N3O/c1-7-11(8(2)15-14-7)9-4-5-13-10(6-9)12-3/h4-6H,1-3H3,(H,12,13).